The van der Waals surface area contributed by atoms with Crippen LogP contribution in [0.5, 0.6) is 0 Å². The molecule has 0 spiro atoms. The quantitative estimate of drug-likeness (QED) is 0.844. The Kier molecular flexibility index (Phi) is 4.30. The number of hydrogen-bond acceptors (Lipinski definition) is 2. The lowest BCUT2D eigenvalue weighted by atomic mass is 9.97. The first-order valence-corrected chi connectivity index (χ1v) is 8.50. The van der Waals surface area contributed by atoms with Gasteiger partial charge in [0.25, 0.3) is 0 Å². The Bertz CT molecular complexity index is 636. The van der Waals surface area contributed by atoms with Crippen molar-refractivity contribution in [1.29, 1.82) is 0 Å². The molecular formula is C18H19NOS. The number of fused-ring (bicyclic) bond motifs is 1. The van der Waals surface area contributed by atoms with Crippen LogP contribution in [0.15, 0.2) is 53.4 Å². The summed E-state index contributed by atoms with van der Waals surface area (Å²) in [5.41, 5.74) is 3.63. The summed E-state index contributed by atoms with van der Waals surface area (Å²) < 4.78 is 0. The van der Waals surface area contributed by atoms with Crippen LogP contribution in [0.25, 0.3) is 0 Å². The van der Waals surface area contributed by atoms with Gasteiger partial charge in [-0.2, -0.15) is 0 Å². The second-order valence-electron chi connectivity index (χ2n) is 5.42. The standard InChI is InChI=1S/C18H19NOS/c1-21-16-10-8-15(9-11-16)19-18(20)12-14-7-6-13-4-2-3-5-17(13)14/h2-5,8-11,14H,6-7,12H2,1H3,(H,19,20). The van der Waals surface area contributed by atoms with Crippen LogP contribution in [0.3, 0.4) is 0 Å². The number of carbonyl (C=O) groups is 1. The van der Waals surface area contributed by atoms with E-state index in [-0.39, 0.29) is 5.91 Å². The molecule has 1 atom stereocenters. The van der Waals surface area contributed by atoms with Crippen molar-refractivity contribution < 1.29 is 4.79 Å². The van der Waals surface area contributed by atoms with Gasteiger partial charge in [-0.05, 0) is 60.4 Å². The SMILES string of the molecule is CSc1ccc(NC(=O)CC2CCc3ccccc32)cc1. The monoisotopic (exact) mass is 297 g/mol. The summed E-state index contributed by atoms with van der Waals surface area (Å²) in [5.74, 6) is 0.472. The van der Waals surface area contributed by atoms with E-state index < -0.39 is 0 Å². The van der Waals surface area contributed by atoms with E-state index in [1.54, 1.807) is 11.8 Å². The van der Waals surface area contributed by atoms with Gasteiger partial charge in [0.05, 0.1) is 0 Å². The lowest BCUT2D eigenvalue weighted by molar-refractivity contribution is -0.116. The third-order valence-corrected chi connectivity index (χ3v) is 4.81. The molecule has 2 aromatic carbocycles. The molecule has 0 saturated carbocycles. The number of amides is 1. The molecule has 0 aliphatic heterocycles. The molecule has 21 heavy (non-hydrogen) atoms. The van der Waals surface area contributed by atoms with Gasteiger partial charge in [0.1, 0.15) is 0 Å². The predicted molar refractivity (Wildman–Crippen MR) is 89.0 cm³/mol. The number of rotatable bonds is 4. The van der Waals surface area contributed by atoms with E-state index in [4.69, 9.17) is 0 Å². The first-order chi connectivity index (χ1) is 10.3. The van der Waals surface area contributed by atoms with Crippen LogP contribution in [-0.4, -0.2) is 12.2 Å². The highest BCUT2D eigenvalue weighted by Crippen LogP contribution is 2.35. The van der Waals surface area contributed by atoms with Crippen molar-refractivity contribution in [3.63, 3.8) is 0 Å². The van der Waals surface area contributed by atoms with Crippen molar-refractivity contribution in [2.45, 2.75) is 30.1 Å². The topological polar surface area (TPSA) is 29.1 Å². The Morgan fingerprint density at radius 2 is 1.95 bits per heavy atom. The summed E-state index contributed by atoms with van der Waals surface area (Å²) in [6.07, 6.45) is 4.79. The normalized spacial score (nSPS) is 16.5. The van der Waals surface area contributed by atoms with E-state index in [1.807, 2.05) is 30.5 Å². The summed E-state index contributed by atoms with van der Waals surface area (Å²) in [6, 6.07) is 16.5. The first-order valence-electron chi connectivity index (χ1n) is 7.28. The van der Waals surface area contributed by atoms with Crippen molar-refractivity contribution in [2.75, 3.05) is 11.6 Å². The molecule has 1 N–H and O–H groups in total. The zero-order valence-corrected chi connectivity index (χ0v) is 13.0. The minimum Gasteiger partial charge on any atom is -0.326 e. The van der Waals surface area contributed by atoms with Gasteiger partial charge >= 0.3 is 0 Å². The Hall–Kier alpha value is -1.74. The number of anilines is 1. The maximum atomic E-state index is 12.2. The van der Waals surface area contributed by atoms with Crippen LogP contribution in [-0.2, 0) is 11.2 Å². The van der Waals surface area contributed by atoms with Crippen molar-refractivity contribution in [3.8, 4) is 0 Å². The van der Waals surface area contributed by atoms with Gasteiger partial charge in [-0.3, -0.25) is 4.79 Å². The summed E-state index contributed by atoms with van der Waals surface area (Å²) in [7, 11) is 0. The third-order valence-electron chi connectivity index (χ3n) is 4.06. The van der Waals surface area contributed by atoms with Crippen molar-refractivity contribution >= 4 is 23.4 Å². The molecule has 1 amide bonds. The average Bonchev–Trinajstić information content (AvgIpc) is 2.91. The van der Waals surface area contributed by atoms with Crippen LogP contribution in [0, 0.1) is 0 Å². The van der Waals surface area contributed by atoms with Crippen molar-refractivity contribution in [1.82, 2.24) is 0 Å². The Balaban J connectivity index is 1.62. The molecule has 3 heteroatoms. The molecule has 108 valence electrons. The average molecular weight is 297 g/mol. The molecule has 0 aromatic heterocycles. The van der Waals surface area contributed by atoms with E-state index in [2.05, 4.69) is 29.6 Å². The maximum Gasteiger partial charge on any atom is 0.224 e. The summed E-state index contributed by atoms with van der Waals surface area (Å²) in [4.78, 5) is 13.4. The van der Waals surface area contributed by atoms with Gasteiger partial charge in [0.2, 0.25) is 5.91 Å². The van der Waals surface area contributed by atoms with E-state index in [9.17, 15) is 4.79 Å². The molecule has 0 bridgehead atoms. The Labute approximate surface area is 130 Å². The number of nitrogens with one attached hydrogen (secondary N) is 1. The molecule has 1 aliphatic rings. The molecule has 1 aliphatic carbocycles. The third kappa shape index (κ3) is 3.30. The first kappa shape index (κ1) is 14.2. The van der Waals surface area contributed by atoms with Gasteiger partial charge < -0.3 is 5.32 Å². The summed E-state index contributed by atoms with van der Waals surface area (Å²) in [6.45, 7) is 0. The van der Waals surface area contributed by atoms with E-state index in [0.717, 1.165) is 18.5 Å². The number of carbonyl (C=O) groups excluding carboxylic acids is 1. The predicted octanol–water partition coefficient (Wildman–Crippen LogP) is 4.47. The van der Waals surface area contributed by atoms with Gasteiger partial charge in [0.15, 0.2) is 0 Å². The molecule has 0 saturated heterocycles. The van der Waals surface area contributed by atoms with E-state index >= 15 is 0 Å². The minimum atomic E-state index is 0.105. The van der Waals surface area contributed by atoms with Crippen LogP contribution in [0.4, 0.5) is 5.69 Å². The van der Waals surface area contributed by atoms with Crippen LogP contribution >= 0.6 is 11.8 Å². The van der Waals surface area contributed by atoms with E-state index in [1.165, 1.54) is 16.0 Å². The summed E-state index contributed by atoms with van der Waals surface area (Å²) >= 11 is 1.70. The minimum absolute atomic E-state index is 0.105. The molecule has 0 fully saturated rings. The zero-order valence-electron chi connectivity index (χ0n) is 12.1. The van der Waals surface area contributed by atoms with E-state index in [0.29, 0.717) is 12.3 Å². The molecule has 2 nitrogen and oxygen atoms in total. The lowest BCUT2D eigenvalue weighted by Crippen LogP contribution is -2.14. The molecule has 2 aromatic rings. The largest absolute Gasteiger partial charge is 0.326 e. The Morgan fingerprint density at radius 3 is 2.71 bits per heavy atom. The van der Waals surface area contributed by atoms with Crippen LogP contribution in [0.1, 0.15) is 29.9 Å². The van der Waals surface area contributed by atoms with Gasteiger partial charge in [-0.15, -0.1) is 11.8 Å². The zero-order chi connectivity index (χ0) is 14.7. The maximum absolute atomic E-state index is 12.2. The summed E-state index contributed by atoms with van der Waals surface area (Å²) in [5, 5.41) is 3.00. The van der Waals surface area contributed by atoms with Gasteiger partial charge in [-0.1, -0.05) is 24.3 Å². The van der Waals surface area contributed by atoms with Crippen LogP contribution in [0.2, 0.25) is 0 Å². The fourth-order valence-corrected chi connectivity index (χ4v) is 3.38. The number of hydrogen-bond donors (Lipinski definition) is 1. The number of thioether (sulfide) groups is 1. The second-order valence-corrected chi connectivity index (χ2v) is 6.29. The van der Waals surface area contributed by atoms with Crippen molar-refractivity contribution in [3.05, 3.63) is 59.7 Å². The Morgan fingerprint density at radius 1 is 1.19 bits per heavy atom. The lowest BCUT2D eigenvalue weighted by Gasteiger charge is -2.12. The van der Waals surface area contributed by atoms with Crippen molar-refractivity contribution in [2.24, 2.45) is 0 Å². The van der Waals surface area contributed by atoms with Gasteiger partial charge in [0, 0.05) is 17.0 Å². The fraction of sp³-hybridized carbons (Fsp3) is 0.278. The number of benzene rings is 2. The number of aryl methyl sites for hydroxylation is 1. The molecule has 0 radical (unpaired) electrons. The molecule has 1 unspecified atom stereocenters. The molecular weight excluding hydrogens is 278 g/mol. The highest BCUT2D eigenvalue weighted by atomic mass is 32.2. The second kappa shape index (κ2) is 6.35. The molecule has 0 heterocycles. The van der Waals surface area contributed by atoms with Crippen LogP contribution < -0.4 is 5.32 Å². The molecule has 3 rings (SSSR count). The highest BCUT2D eigenvalue weighted by Gasteiger charge is 2.24. The highest BCUT2D eigenvalue weighted by molar-refractivity contribution is 7.98. The fourth-order valence-electron chi connectivity index (χ4n) is 2.97. The smallest absolute Gasteiger partial charge is 0.224 e. The van der Waals surface area contributed by atoms with Gasteiger partial charge in [-0.25, -0.2) is 0 Å².